The van der Waals surface area contributed by atoms with Gasteiger partial charge >= 0.3 is 5.97 Å². The molecule has 3 atom stereocenters. The van der Waals surface area contributed by atoms with Gasteiger partial charge < -0.3 is 10.1 Å². The molecule has 1 aliphatic heterocycles. The summed E-state index contributed by atoms with van der Waals surface area (Å²) in [7, 11) is -3.67. The SMILES string of the molecule is CC1CC(C)CN(S(=O)(=O)c2ccc(C(=O)OC(C)C(=O)Nc3ccc(F)cc3Cl)cc2)C1. The minimum atomic E-state index is -3.67. The monoisotopic (exact) mass is 496 g/mol. The second kappa shape index (κ2) is 10.2. The second-order valence-electron chi connectivity index (χ2n) is 8.45. The molecule has 1 N–H and O–H groups in total. The van der Waals surface area contributed by atoms with Crippen molar-refractivity contribution in [2.75, 3.05) is 18.4 Å². The van der Waals surface area contributed by atoms with E-state index >= 15 is 0 Å². The number of hydrogen-bond acceptors (Lipinski definition) is 5. The Bertz CT molecular complexity index is 1130. The quantitative estimate of drug-likeness (QED) is 0.601. The molecule has 3 unspecified atom stereocenters. The molecule has 10 heteroatoms. The van der Waals surface area contributed by atoms with Crippen LogP contribution in [-0.4, -0.2) is 43.8 Å². The molecule has 1 saturated heterocycles. The molecular weight excluding hydrogens is 471 g/mol. The fourth-order valence-electron chi connectivity index (χ4n) is 3.82. The van der Waals surface area contributed by atoms with Gasteiger partial charge in [-0.2, -0.15) is 4.31 Å². The number of hydrogen-bond donors (Lipinski definition) is 1. The average molecular weight is 497 g/mol. The van der Waals surface area contributed by atoms with Crippen LogP contribution in [0, 0.1) is 17.7 Å². The van der Waals surface area contributed by atoms with Crippen molar-refractivity contribution in [1.29, 1.82) is 0 Å². The Morgan fingerprint density at radius 3 is 2.30 bits per heavy atom. The van der Waals surface area contributed by atoms with Gasteiger partial charge in [-0.05, 0) is 67.6 Å². The van der Waals surface area contributed by atoms with Crippen LogP contribution in [0.1, 0.15) is 37.6 Å². The van der Waals surface area contributed by atoms with E-state index in [0.717, 1.165) is 18.6 Å². The van der Waals surface area contributed by atoms with E-state index in [9.17, 15) is 22.4 Å². The molecule has 1 aliphatic rings. The fourth-order valence-corrected chi connectivity index (χ4v) is 5.72. The van der Waals surface area contributed by atoms with Gasteiger partial charge in [0.05, 0.1) is 21.2 Å². The smallest absolute Gasteiger partial charge is 0.338 e. The van der Waals surface area contributed by atoms with Crippen molar-refractivity contribution >= 4 is 39.2 Å². The van der Waals surface area contributed by atoms with Crippen LogP contribution in [0.25, 0.3) is 0 Å². The first-order valence-corrected chi connectivity index (χ1v) is 12.4. The molecule has 0 aliphatic carbocycles. The lowest BCUT2D eigenvalue weighted by molar-refractivity contribution is -0.123. The molecule has 0 saturated carbocycles. The number of anilines is 1. The zero-order valence-corrected chi connectivity index (χ0v) is 20.1. The van der Waals surface area contributed by atoms with Crippen LogP contribution < -0.4 is 5.32 Å². The van der Waals surface area contributed by atoms with Gasteiger partial charge in [-0.25, -0.2) is 17.6 Å². The highest BCUT2D eigenvalue weighted by molar-refractivity contribution is 7.89. The van der Waals surface area contributed by atoms with Crippen LogP contribution in [0.4, 0.5) is 10.1 Å². The van der Waals surface area contributed by atoms with Crippen LogP contribution in [0.2, 0.25) is 5.02 Å². The van der Waals surface area contributed by atoms with E-state index in [1.165, 1.54) is 41.6 Å². The maximum atomic E-state index is 13.1. The van der Waals surface area contributed by atoms with Crippen molar-refractivity contribution < 1.29 is 27.1 Å². The second-order valence-corrected chi connectivity index (χ2v) is 10.8. The predicted octanol–water partition coefficient (Wildman–Crippen LogP) is 4.33. The summed E-state index contributed by atoms with van der Waals surface area (Å²) in [6.07, 6.45) is -0.186. The molecule has 1 heterocycles. The van der Waals surface area contributed by atoms with E-state index in [2.05, 4.69) is 5.32 Å². The van der Waals surface area contributed by atoms with Gasteiger partial charge in [-0.3, -0.25) is 4.79 Å². The fraction of sp³-hybridized carbons (Fsp3) is 0.391. The Hall–Kier alpha value is -2.49. The first-order chi connectivity index (χ1) is 15.5. The van der Waals surface area contributed by atoms with Gasteiger partial charge in [0.1, 0.15) is 5.82 Å². The number of carbonyl (C=O) groups is 2. The average Bonchev–Trinajstić information content (AvgIpc) is 2.75. The van der Waals surface area contributed by atoms with Crippen molar-refractivity contribution in [2.45, 2.75) is 38.2 Å². The zero-order chi connectivity index (χ0) is 24.3. The lowest BCUT2D eigenvalue weighted by Crippen LogP contribution is -2.42. The summed E-state index contributed by atoms with van der Waals surface area (Å²) in [6.45, 7) is 6.35. The molecule has 7 nitrogen and oxygen atoms in total. The molecule has 3 rings (SSSR count). The number of sulfonamides is 1. The molecule has 0 bridgehead atoms. The zero-order valence-electron chi connectivity index (χ0n) is 18.5. The minimum absolute atomic E-state index is 0.0103. The van der Waals surface area contributed by atoms with Crippen molar-refractivity contribution in [3.8, 4) is 0 Å². The van der Waals surface area contributed by atoms with Gasteiger partial charge in [-0.15, -0.1) is 0 Å². The van der Waals surface area contributed by atoms with Gasteiger partial charge in [0, 0.05) is 13.1 Å². The van der Waals surface area contributed by atoms with Gasteiger partial charge in [-0.1, -0.05) is 25.4 Å². The van der Waals surface area contributed by atoms with E-state index < -0.39 is 33.8 Å². The summed E-state index contributed by atoms with van der Waals surface area (Å²) in [5, 5.41) is 2.48. The van der Waals surface area contributed by atoms with E-state index in [4.69, 9.17) is 16.3 Å². The number of rotatable bonds is 6. The van der Waals surface area contributed by atoms with E-state index in [-0.39, 0.29) is 33.0 Å². The standard InChI is InChI=1S/C23H26ClFN2O5S/c1-14-10-15(2)13-27(12-14)33(30,31)19-7-4-17(5-8-19)23(29)32-16(3)22(28)26-21-9-6-18(25)11-20(21)24/h4-9,11,14-16H,10,12-13H2,1-3H3,(H,26,28). The molecule has 1 amide bonds. The van der Waals surface area contributed by atoms with Gasteiger partial charge in [0.2, 0.25) is 10.0 Å². The normalized spacial score (nSPS) is 20.2. The van der Waals surface area contributed by atoms with Crippen LogP contribution in [0.3, 0.4) is 0 Å². The lowest BCUT2D eigenvalue weighted by atomic mass is 9.94. The lowest BCUT2D eigenvalue weighted by Gasteiger charge is -2.34. The highest BCUT2D eigenvalue weighted by atomic mass is 35.5. The summed E-state index contributed by atoms with van der Waals surface area (Å²) in [5.41, 5.74) is 0.288. The minimum Gasteiger partial charge on any atom is -0.449 e. The molecule has 2 aromatic carbocycles. The largest absolute Gasteiger partial charge is 0.449 e. The molecule has 178 valence electrons. The summed E-state index contributed by atoms with van der Waals surface area (Å²) >= 11 is 5.89. The van der Waals surface area contributed by atoms with Crippen molar-refractivity contribution in [3.05, 3.63) is 58.9 Å². The van der Waals surface area contributed by atoms with Crippen molar-refractivity contribution in [3.63, 3.8) is 0 Å². The van der Waals surface area contributed by atoms with E-state index in [0.29, 0.717) is 13.1 Å². The third-order valence-electron chi connectivity index (χ3n) is 5.41. The first kappa shape index (κ1) is 25.1. The molecule has 2 aromatic rings. The third-order valence-corrected chi connectivity index (χ3v) is 7.56. The van der Waals surface area contributed by atoms with Crippen LogP contribution in [-0.2, 0) is 19.6 Å². The number of amides is 1. The van der Waals surface area contributed by atoms with E-state index in [1.807, 2.05) is 13.8 Å². The topological polar surface area (TPSA) is 92.8 Å². The number of piperidine rings is 1. The maximum absolute atomic E-state index is 13.1. The number of nitrogens with zero attached hydrogens (tertiary/aromatic N) is 1. The number of benzene rings is 2. The Labute approximate surface area is 197 Å². The Morgan fingerprint density at radius 1 is 1.12 bits per heavy atom. The molecule has 0 aromatic heterocycles. The summed E-state index contributed by atoms with van der Waals surface area (Å²) in [4.78, 5) is 24.8. The van der Waals surface area contributed by atoms with Crippen LogP contribution in [0.15, 0.2) is 47.4 Å². The Balaban J connectivity index is 1.64. The molecule has 0 spiro atoms. The Kier molecular flexibility index (Phi) is 7.76. The van der Waals surface area contributed by atoms with Crippen LogP contribution >= 0.6 is 11.6 Å². The summed E-state index contributed by atoms with van der Waals surface area (Å²) in [5.74, 6) is -1.44. The van der Waals surface area contributed by atoms with Crippen molar-refractivity contribution in [2.24, 2.45) is 11.8 Å². The molecule has 0 radical (unpaired) electrons. The third kappa shape index (κ3) is 6.10. The van der Waals surface area contributed by atoms with Gasteiger partial charge in [0.25, 0.3) is 5.91 Å². The number of halogens is 2. The van der Waals surface area contributed by atoms with Crippen LogP contribution in [0.5, 0.6) is 0 Å². The molecule has 1 fully saturated rings. The number of ether oxygens (including phenoxy) is 1. The summed E-state index contributed by atoms with van der Waals surface area (Å²) < 4.78 is 45.7. The highest BCUT2D eigenvalue weighted by Crippen LogP contribution is 2.27. The van der Waals surface area contributed by atoms with Crippen molar-refractivity contribution in [1.82, 2.24) is 4.31 Å². The number of carbonyl (C=O) groups excluding carboxylic acids is 2. The predicted molar refractivity (Wildman–Crippen MR) is 123 cm³/mol. The maximum Gasteiger partial charge on any atom is 0.338 e. The van der Waals surface area contributed by atoms with Gasteiger partial charge in [0.15, 0.2) is 6.10 Å². The first-order valence-electron chi connectivity index (χ1n) is 10.5. The Morgan fingerprint density at radius 2 is 1.73 bits per heavy atom. The number of nitrogens with one attached hydrogen (secondary N) is 1. The number of esters is 1. The molecule has 33 heavy (non-hydrogen) atoms. The summed E-state index contributed by atoms with van der Waals surface area (Å²) in [6, 6.07) is 8.92. The highest BCUT2D eigenvalue weighted by Gasteiger charge is 2.31. The molecular formula is C23H26ClFN2O5S. The van der Waals surface area contributed by atoms with E-state index in [1.54, 1.807) is 0 Å².